The van der Waals surface area contributed by atoms with Crippen LogP contribution in [0.5, 0.6) is 0 Å². The molecule has 0 atom stereocenters. The van der Waals surface area contributed by atoms with Crippen molar-refractivity contribution < 1.29 is 4.74 Å². The maximum atomic E-state index is 5.64. The van der Waals surface area contributed by atoms with Gasteiger partial charge in [-0.15, -0.1) is 0 Å². The first-order valence-corrected chi connectivity index (χ1v) is 5.70. The van der Waals surface area contributed by atoms with Crippen molar-refractivity contribution in [2.75, 3.05) is 13.2 Å². The first-order valence-electron chi connectivity index (χ1n) is 5.70. The van der Waals surface area contributed by atoms with Crippen LogP contribution in [-0.2, 0) is 4.74 Å². The summed E-state index contributed by atoms with van der Waals surface area (Å²) in [5, 5.41) is 0. The lowest BCUT2D eigenvalue weighted by Crippen LogP contribution is -2.19. The number of rotatable bonds is 8. The summed E-state index contributed by atoms with van der Waals surface area (Å²) >= 11 is 0. The predicted octanol–water partition coefficient (Wildman–Crippen LogP) is 4.02. The van der Waals surface area contributed by atoms with Gasteiger partial charge in [0, 0.05) is 6.61 Å². The van der Waals surface area contributed by atoms with E-state index < -0.39 is 0 Å². The molecule has 0 aliphatic rings. The van der Waals surface area contributed by atoms with E-state index in [9.17, 15) is 0 Å². The summed E-state index contributed by atoms with van der Waals surface area (Å²) in [6.45, 7) is 10.9. The molecule has 1 heteroatoms. The molecule has 0 unspecified atom stereocenters. The Bertz CT molecular complexity index is 108. The van der Waals surface area contributed by atoms with E-state index in [0.29, 0.717) is 5.41 Å². The molecule has 80 valence electrons. The molecule has 0 aliphatic carbocycles. The normalized spacial score (nSPS) is 12.0. The molecule has 0 spiro atoms. The highest BCUT2D eigenvalue weighted by atomic mass is 16.5. The molecule has 0 bridgehead atoms. The van der Waals surface area contributed by atoms with Gasteiger partial charge in [0.2, 0.25) is 0 Å². The molecule has 0 radical (unpaired) electrons. The minimum absolute atomic E-state index is 0.379. The maximum Gasteiger partial charge on any atom is 0.0517 e. The van der Waals surface area contributed by atoms with Crippen LogP contribution in [0.2, 0.25) is 0 Å². The largest absolute Gasteiger partial charge is 0.381 e. The van der Waals surface area contributed by atoms with Crippen LogP contribution in [0.4, 0.5) is 0 Å². The number of hydrogen-bond acceptors (Lipinski definition) is 1. The summed E-state index contributed by atoms with van der Waals surface area (Å²) in [6.07, 6.45) is 6.33. The Morgan fingerprint density at radius 1 is 1.00 bits per heavy atom. The van der Waals surface area contributed by atoms with Gasteiger partial charge in [-0.1, -0.05) is 47.0 Å². The summed E-state index contributed by atoms with van der Waals surface area (Å²) in [5.41, 5.74) is 0.379. The van der Waals surface area contributed by atoms with Crippen LogP contribution in [0.3, 0.4) is 0 Å². The molecule has 0 amide bonds. The molecule has 13 heavy (non-hydrogen) atoms. The molecule has 0 aromatic rings. The molecular formula is C12H26O. The third-order valence-corrected chi connectivity index (χ3v) is 2.34. The fraction of sp³-hybridized carbons (Fsp3) is 1.00. The van der Waals surface area contributed by atoms with Gasteiger partial charge in [-0.25, -0.2) is 0 Å². The molecule has 0 heterocycles. The topological polar surface area (TPSA) is 9.23 Å². The standard InChI is InChI=1S/C12H26O/c1-5-7-9-12(3,4)11-13-10-8-6-2/h5-11H2,1-4H3. The predicted molar refractivity (Wildman–Crippen MR) is 59.0 cm³/mol. The van der Waals surface area contributed by atoms with Gasteiger partial charge in [0.1, 0.15) is 0 Å². The van der Waals surface area contributed by atoms with Crippen LogP contribution in [0, 0.1) is 5.41 Å². The van der Waals surface area contributed by atoms with Crippen molar-refractivity contribution in [3.05, 3.63) is 0 Å². The SMILES string of the molecule is CCCCOCC(C)(C)CCCC. The average molecular weight is 186 g/mol. The molecule has 0 aliphatic heterocycles. The number of hydrogen-bond donors (Lipinski definition) is 0. The smallest absolute Gasteiger partial charge is 0.0517 e. The average Bonchev–Trinajstić information content (AvgIpc) is 2.09. The molecule has 0 fully saturated rings. The minimum Gasteiger partial charge on any atom is -0.381 e. The Morgan fingerprint density at radius 2 is 1.62 bits per heavy atom. The van der Waals surface area contributed by atoms with Crippen molar-refractivity contribution in [3.8, 4) is 0 Å². The fourth-order valence-corrected chi connectivity index (χ4v) is 1.32. The van der Waals surface area contributed by atoms with E-state index in [-0.39, 0.29) is 0 Å². The zero-order chi connectivity index (χ0) is 10.2. The Morgan fingerprint density at radius 3 is 2.15 bits per heavy atom. The van der Waals surface area contributed by atoms with E-state index >= 15 is 0 Å². The lowest BCUT2D eigenvalue weighted by atomic mass is 9.88. The van der Waals surface area contributed by atoms with Crippen molar-refractivity contribution >= 4 is 0 Å². The minimum atomic E-state index is 0.379. The second kappa shape index (κ2) is 7.37. The second-order valence-corrected chi connectivity index (χ2v) is 4.67. The van der Waals surface area contributed by atoms with E-state index in [0.717, 1.165) is 13.2 Å². The van der Waals surface area contributed by atoms with Crippen molar-refractivity contribution in [1.29, 1.82) is 0 Å². The summed E-state index contributed by atoms with van der Waals surface area (Å²) in [4.78, 5) is 0. The summed E-state index contributed by atoms with van der Waals surface area (Å²) < 4.78 is 5.64. The molecule has 0 saturated heterocycles. The first-order chi connectivity index (χ1) is 6.12. The Balaban J connectivity index is 3.39. The molecule has 0 aromatic heterocycles. The van der Waals surface area contributed by atoms with Gasteiger partial charge < -0.3 is 4.74 Å². The first kappa shape index (κ1) is 13.0. The van der Waals surface area contributed by atoms with Gasteiger partial charge in [0.15, 0.2) is 0 Å². The lowest BCUT2D eigenvalue weighted by molar-refractivity contribution is 0.0551. The molecule has 0 N–H and O–H groups in total. The van der Waals surface area contributed by atoms with E-state index in [1.165, 1.54) is 32.1 Å². The zero-order valence-corrected chi connectivity index (χ0v) is 9.86. The summed E-state index contributed by atoms with van der Waals surface area (Å²) in [7, 11) is 0. The summed E-state index contributed by atoms with van der Waals surface area (Å²) in [5.74, 6) is 0. The highest BCUT2D eigenvalue weighted by molar-refractivity contribution is 4.67. The molecule has 1 nitrogen and oxygen atoms in total. The van der Waals surface area contributed by atoms with Gasteiger partial charge in [-0.3, -0.25) is 0 Å². The van der Waals surface area contributed by atoms with Gasteiger partial charge in [0.05, 0.1) is 6.61 Å². The fourth-order valence-electron chi connectivity index (χ4n) is 1.32. The molecule has 0 aromatic carbocycles. The molecular weight excluding hydrogens is 160 g/mol. The highest BCUT2D eigenvalue weighted by Crippen LogP contribution is 2.23. The Labute approximate surface area is 83.9 Å². The van der Waals surface area contributed by atoms with E-state index in [1.54, 1.807) is 0 Å². The van der Waals surface area contributed by atoms with Gasteiger partial charge >= 0.3 is 0 Å². The van der Waals surface area contributed by atoms with Crippen LogP contribution in [0.25, 0.3) is 0 Å². The van der Waals surface area contributed by atoms with Crippen molar-refractivity contribution in [2.24, 2.45) is 5.41 Å². The zero-order valence-electron chi connectivity index (χ0n) is 9.86. The quantitative estimate of drug-likeness (QED) is 0.520. The van der Waals surface area contributed by atoms with E-state index in [2.05, 4.69) is 27.7 Å². The molecule has 0 rings (SSSR count). The van der Waals surface area contributed by atoms with Gasteiger partial charge in [0.25, 0.3) is 0 Å². The number of unbranched alkanes of at least 4 members (excludes halogenated alkanes) is 2. The number of ether oxygens (including phenoxy) is 1. The Hall–Kier alpha value is -0.0400. The van der Waals surface area contributed by atoms with Crippen molar-refractivity contribution in [2.45, 2.75) is 59.8 Å². The van der Waals surface area contributed by atoms with E-state index in [4.69, 9.17) is 4.74 Å². The summed E-state index contributed by atoms with van der Waals surface area (Å²) in [6, 6.07) is 0. The highest BCUT2D eigenvalue weighted by Gasteiger charge is 2.16. The second-order valence-electron chi connectivity index (χ2n) is 4.67. The van der Waals surface area contributed by atoms with Crippen LogP contribution in [-0.4, -0.2) is 13.2 Å². The van der Waals surface area contributed by atoms with Gasteiger partial charge in [-0.05, 0) is 18.3 Å². The third kappa shape index (κ3) is 8.29. The van der Waals surface area contributed by atoms with Gasteiger partial charge in [-0.2, -0.15) is 0 Å². The lowest BCUT2D eigenvalue weighted by Gasteiger charge is -2.24. The molecule has 0 saturated carbocycles. The van der Waals surface area contributed by atoms with Crippen LogP contribution < -0.4 is 0 Å². The van der Waals surface area contributed by atoms with Crippen LogP contribution in [0.15, 0.2) is 0 Å². The third-order valence-electron chi connectivity index (χ3n) is 2.34. The Kier molecular flexibility index (Phi) is 7.35. The van der Waals surface area contributed by atoms with E-state index in [1.807, 2.05) is 0 Å². The van der Waals surface area contributed by atoms with Crippen molar-refractivity contribution in [1.82, 2.24) is 0 Å². The van der Waals surface area contributed by atoms with Crippen LogP contribution in [0.1, 0.15) is 59.8 Å². The van der Waals surface area contributed by atoms with Crippen LogP contribution >= 0.6 is 0 Å². The van der Waals surface area contributed by atoms with Crippen molar-refractivity contribution in [3.63, 3.8) is 0 Å². The maximum absolute atomic E-state index is 5.64. The monoisotopic (exact) mass is 186 g/mol.